The maximum atomic E-state index is 11.2. The van der Waals surface area contributed by atoms with Crippen LogP contribution in [0.4, 0.5) is 0 Å². The molecule has 0 saturated heterocycles. The molecule has 1 rings (SSSR count). The largest absolute Gasteiger partial charge is 0.491 e. The lowest BCUT2D eigenvalue weighted by atomic mass is 9.95. The van der Waals surface area contributed by atoms with Gasteiger partial charge in [0, 0.05) is 0 Å². The molecule has 98 valence electrons. The lowest BCUT2D eigenvalue weighted by Gasteiger charge is -2.13. The minimum atomic E-state index is -1.05. The van der Waals surface area contributed by atoms with Crippen molar-refractivity contribution in [3.63, 3.8) is 0 Å². The van der Waals surface area contributed by atoms with Gasteiger partial charge in [-0.2, -0.15) is 0 Å². The predicted octanol–water partition coefficient (Wildman–Crippen LogP) is 1.52. The van der Waals surface area contributed by atoms with Crippen molar-refractivity contribution in [1.82, 2.24) is 0 Å². The van der Waals surface area contributed by atoms with Gasteiger partial charge in [-0.15, -0.1) is 0 Å². The van der Waals surface area contributed by atoms with Gasteiger partial charge in [-0.3, -0.25) is 9.59 Å². The van der Waals surface area contributed by atoms with E-state index < -0.39 is 17.8 Å². The second-order valence-electron chi connectivity index (χ2n) is 4.29. The molecule has 0 radical (unpaired) electrons. The molecular weight excluding hydrogens is 234 g/mol. The van der Waals surface area contributed by atoms with E-state index in [0.717, 1.165) is 0 Å². The van der Waals surface area contributed by atoms with E-state index in [1.165, 1.54) is 0 Å². The van der Waals surface area contributed by atoms with Crippen molar-refractivity contribution < 1.29 is 19.4 Å². The summed E-state index contributed by atoms with van der Waals surface area (Å²) in [6.07, 6.45) is -0.249. The minimum absolute atomic E-state index is 0.0572. The number of hydrogen-bond acceptors (Lipinski definition) is 3. The average molecular weight is 251 g/mol. The van der Waals surface area contributed by atoms with Crippen LogP contribution in [0.25, 0.3) is 0 Å². The van der Waals surface area contributed by atoms with Gasteiger partial charge in [0.15, 0.2) is 0 Å². The van der Waals surface area contributed by atoms with Gasteiger partial charge in [0.25, 0.3) is 0 Å². The summed E-state index contributed by atoms with van der Waals surface area (Å²) < 4.78 is 5.46. The van der Waals surface area contributed by atoms with Gasteiger partial charge in [0.2, 0.25) is 5.91 Å². The zero-order valence-electron chi connectivity index (χ0n) is 10.4. The van der Waals surface area contributed by atoms with Crippen LogP contribution in [0, 0.1) is 0 Å². The molecule has 5 heteroatoms. The van der Waals surface area contributed by atoms with E-state index in [-0.39, 0.29) is 12.5 Å². The van der Waals surface area contributed by atoms with Gasteiger partial charge in [0.1, 0.15) is 5.75 Å². The van der Waals surface area contributed by atoms with Crippen LogP contribution in [-0.2, 0) is 9.59 Å². The molecule has 0 heterocycles. The molecule has 0 fully saturated rings. The van der Waals surface area contributed by atoms with Crippen molar-refractivity contribution >= 4 is 11.9 Å². The van der Waals surface area contributed by atoms with Gasteiger partial charge in [-0.05, 0) is 31.5 Å². The SMILES string of the molecule is CC(C)Oc1ccc(C(CC(=O)O)C(N)=O)cc1. The smallest absolute Gasteiger partial charge is 0.304 e. The molecule has 1 aromatic rings. The number of carboxylic acid groups (broad SMARTS) is 1. The fraction of sp³-hybridized carbons (Fsp3) is 0.385. The maximum absolute atomic E-state index is 11.2. The maximum Gasteiger partial charge on any atom is 0.304 e. The minimum Gasteiger partial charge on any atom is -0.491 e. The number of carbonyl (C=O) groups is 2. The second kappa shape index (κ2) is 6.05. The van der Waals surface area contributed by atoms with Gasteiger partial charge >= 0.3 is 5.97 Å². The number of nitrogens with two attached hydrogens (primary N) is 1. The molecule has 1 amide bonds. The topological polar surface area (TPSA) is 89.6 Å². The summed E-state index contributed by atoms with van der Waals surface area (Å²) in [4.78, 5) is 21.9. The van der Waals surface area contributed by atoms with Crippen LogP contribution in [0.3, 0.4) is 0 Å². The number of aliphatic carboxylic acids is 1. The van der Waals surface area contributed by atoms with E-state index in [1.54, 1.807) is 24.3 Å². The molecule has 0 aromatic heterocycles. The number of benzene rings is 1. The first-order chi connectivity index (χ1) is 8.40. The number of carboxylic acids is 1. The number of primary amides is 1. The summed E-state index contributed by atoms with van der Waals surface area (Å²) in [6.45, 7) is 3.81. The van der Waals surface area contributed by atoms with Gasteiger partial charge in [-0.1, -0.05) is 12.1 Å². The third kappa shape index (κ3) is 4.08. The molecule has 0 aliphatic heterocycles. The number of ether oxygens (including phenoxy) is 1. The zero-order chi connectivity index (χ0) is 13.7. The van der Waals surface area contributed by atoms with Crippen LogP contribution >= 0.6 is 0 Å². The van der Waals surface area contributed by atoms with Crippen molar-refractivity contribution in [2.24, 2.45) is 5.73 Å². The average Bonchev–Trinajstić information content (AvgIpc) is 2.26. The standard InChI is InChI=1S/C13H17NO4/c1-8(2)18-10-5-3-9(4-6-10)11(13(14)17)7-12(15)16/h3-6,8,11H,7H2,1-2H3,(H2,14,17)(H,15,16). The van der Waals surface area contributed by atoms with E-state index >= 15 is 0 Å². The van der Waals surface area contributed by atoms with E-state index in [4.69, 9.17) is 15.6 Å². The summed E-state index contributed by atoms with van der Waals surface area (Å²) in [5.74, 6) is -1.83. The summed E-state index contributed by atoms with van der Waals surface area (Å²) >= 11 is 0. The van der Waals surface area contributed by atoms with Gasteiger partial charge in [0.05, 0.1) is 18.4 Å². The quantitative estimate of drug-likeness (QED) is 0.802. The summed E-state index contributed by atoms with van der Waals surface area (Å²) in [7, 11) is 0. The van der Waals surface area contributed by atoms with Gasteiger partial charge in [-0.25, -0.2) is 0 Å². The Kier molecular flexibility index (Phi) is 4.71. The lowest BCUT2D eigenvalue weighted by Crippen LogP contribution is -2.23. The number of carbonyl (C=O) groups excluding carboxylic acids is 1. The van der Waals surface area contributed by atoms with E-state index in [2.05, 4.69) is 0 Å². The molecule has 18 heavy (non-hydrogen) atoms. The van der Waals surface area contributed by atoms with Crippen LogP contribution < -0.4 is 10.5 Å². The molecule has 0 saturated carbocycles. The molecule has 0 bridgehead atoms. The molecule has 1 aromatic carbocycles. The number of amides is 1. The van der Waals surface area contributed by atoms with E-state index in [9.17, 15) is 9.59 Å². The predicted molar refractivity (Wildman–Crippen MR) is 66.4 cm³/mol. The Labute approximate surface area is 106 Å². The van der Waals surface area contributed by atoms with Crippen molar-refractivity contribution in [2.45, 2.75) is 32.3 Å². The van der Waals surface area contributed by atoms with Crippen LogP contribution in [0.1, 0.15) is 31.7 Å². The fourth-order valence-electron chi connectivity index (χ4n) is 1.61. The Morgan fingerprint density at radius 3 is 2.22 bits per heavy atom. The normalized spacial score (nSPS) is 12.2. The molecule has 1 atom stereocenters. The van der Waals surface area contributed by atoms with Gasteiger partial charge < -0.3 is 15.6 Å². The first kappa shape index (κ1) is 14.0. The molecule has 0 aliphatic carbocycles. The van der Waals surface area contributed by atoms with E-state index in [1.807, 2.05) is 13.8 Å². The number of hydrogen-bond donors (Lipinski definition) is 2. The fourth-order valence-corrected chi connectivity index (χ4v) is 1.61. The summed E-state index contributed by atoms with van der Waals surface area (Å²) in [5, 5.41) is 8.74. The van der Waals surface area contributed by atoms with E-state index in [0.29, 0.717) is 11.3 Å². The van der Waals surface area contributed by atoms with Crippen molar-refractivity contribution in [3.8, 4) is 5.75 Å². The zero-order valence-corrected chi connectivity index (χ0v) is 10.4. The third-order valence-corrected chi connectivity index (χ3v) is 2.38. The van der Waals surface area contributed by atoms with Crippen LogP contribution in [-0.4, -0.2) is 23.1 Å². The van der Waals surface area contributed by atoms with Crippen molar-refractivity contribution in [1.29, 1.82) is 0 Å². The molecule has 3 N–H and O–H groups in total. The number of rotatable bonds is 6. The first-order valence-electron chi connectivity index (χ1n) is 5.68. The first-order valence-corrected chi connectivity index (χ1v) is 5.68. The Bertz CT molecular complexity index is 425. The van der Waals surface area contributed by atoms with Crippen LogP contribution in [0.2, 0.25) is 0 Å². The highest BCUT2D eigenvalue weighted by molar-refractivity contribution is 5.86. The molecule has 0 spiro atoms. The van der Waals surface area contributed by atoms with Crippen molar-refractivity contribution in [3.05, 3.63) is 29.8 Å². The lowest BCUT2D eigenvalue weighted by molar-refractivity contribution is -0.139. The molecule has 1 unspecified atom stereocenters. The Balaban J connectivity index is 2.86. The highest BCUT2D eigenvalue weighted by Gasteiger charge is 2.21. The monoisotopic (exact) mass is 251 g/mol. The Morgan fingerprint density at radius 1 is 1.28 bits per heavy atom. The van der Waals surface area contributed by atoms with Crippen molar-refractivity contribution in [2.75, 3.05) is 0 Å². The Morgan fingerprint density at radius 2 is 1.83 bits per heavy atom. The molecular formula is C13H17NO4. The highest BCUT2D eigenvalue weighted by Crippen LogP contribution is 2.22. The van der Waals surface area contributed by atoms with Crippen LogP contribution in [0.5, 0.6) is 5.75 Å². The Hall–Kier alpha value is -2.04. The summed E-state index contributed by atoms with van der Waals surface area (Å²) in [6, 6.07) is 6.73. The molecule has 0 aliphatic rings. The van der Waals surface area contributed by atoms with Crippen LogP contribution in [0.15, 0.2) is 24.3 Å². The third-order valence-electron chi connectivity index (χ3n) is 2.38. The highest BCUT2D eigenvalue weighted by atomic mass is 16.5. The molecule has 5 nitrogen and oxygen atoms in total. The summed E-state index contributed by atoms with van der Waals surface area (Å²) in [5.41, 5.74) is 5.79. The second-order valence-corrected chi connectivity index (χ2v) is 4.29.